The molecule has 0 saturated carbocycles. The van der Waals surface area contributed by atoms with Gasteiger partial charge in [0.05, 0.1) is 13.1 Å². The second kappa shape index (κ2) is 21.1. The minimum absolute atomic E-state index is 1.22. The summed E-state index contributed by atoms with van der Waals surface area (Å²) in [5.74, 6) is 1.60. The molecule has 0 atom stereocenters. The van der Waals surface area contributed by atoms with E-state index in [2.05, 4.69) is 42.3 Å². The van der Waals surface area contributed by atoms with Crippen molar-refractivity contribution >= 4 is 0 Å². The fraction of sp³-hybridized carbons (Fsp3) is 0.897. The molecule has 0 saturated heterocycles. The second-order valence-corrected chi connectivity index (χ2v) is 9.86. The van der Waals surface area contributed by atoms with Gasteiger partial charge >= 0.3 is 0 Å². The molecule has 1 aromatic rings. The first-order valence-corrected chi connectivity index (χ1v) is 14.4. The van der Waals surface area contributed by atoms with Crippen LogP contribution in [-0.2, 0) is 19.5 Å². The van der Waals surface area contributed by atoms with Gasteiger partial charge in [-0.1, -0.05) is 117 Å². The quantitative estimate of drug-likeness (QED) is 0.120. The standard InChI is InChI=1S/C29H57N2/c1-4-7-10-13-15-16-17-20-23-26-31-28-27-30(25-22-19-12-9-6-3)29(31)24-21-18-14-11-8-5-2/h27-28H,4-26H2,1-3H3/q+1. The molecule has 0 aliphatic carbocycles. The normalized spacial score (nSPS) is 11.5. The predicted octanol–water partition coefficient (Wildman–Crippen LogP) is 9.18. The van der Waals surface area contributed by atoms with Gasteiger partial charge < -0.3 is 0 Å². The van der Waals surface area contributed by atoms with Crippen LogP contribution in [0, 0.1) is 0 Å². The summed E-state index contributed by atoms with van der Waals surface area (Å²) < 4.78 is 5.19. The van der Waals surface area contributed by atoms with Crippen LogP contribution in [0.2, 0.25) is 0 Å². The summed E-state index contributed by atoms with van der Waals surface area (Å²) in [6, 6.07) is 0. The van der Waals surface area contributed by atoms with Crippen LogP contribution in [0.25, 0.3) is 0 Å². The summed E-state index contributed by atoms with van der Waals surface area (Å²) in [6.45, 7) is 9.37. The van der Waals surface area contributed by atoms with E-state index in [4.69, 9.17) is 0 Å². The lowest BCUT2D eigenvalue weighted by Crippen LogP contribution is -2.37. The molecule has 182 valence electrons. The minimum Gasteiger partial charge on any atom is -0.234 e. The van der Waals surface area contributed by atoms with Crippen molar-refractivity contribution in [2.75, 3.05) is 0 Å². The number of aryl methyl sites for hydroxylation is 2. The van der Waals surface area contributed by atoms with Crippen LogP contribution in [0.5, 0.6) is 0 Å². The molecule has 0 bridgehead atoms. The maximum Gasteiger partial charge on any atom is 0.256 e. The van der Waals surface area contributed by atoms with Crippen molar-refractivity contribution < 1.29 is 4.57 Å². The molecule has 0 fully saturated rings. The van der Waals surface area contributed by atoms with E-state index in [1.807, 2.05) is 0 Å². The number of hydrogen-bond donors (Lipinski definition) is 0. The van der Waals surface area contributed by atoms with Crippen molar-refractivity contribution in [3.05, 3.63) is 18.2 Å². The lowest BCUT2D eigenvalue weighted by atomic mass is 10.1. The maximum absolute atomic E-state index is 2.60. The summed E-state index contributed by atoms with van der Waals surface area (Å²) in [5.41, 5.74) is 0. The Morgan fingerprint density at radius 3 is 1.55 bits per heavy atom. The van der Waals surface area contributed by atoms with E-state index in [9.17, 15) is 0 Å². The zero-order chi connectivity index (χ0) is 22.4. The molecule has 2 heteroatoms. The lowest BCUT2D eigenvalue weighted by Gasteiger charge is -2.07. The summed E-state index contributed by atoms with van der Waals surface area (Å²) in [4.78, 5) is 0. The topological polar surface area (TPSA) is 8.81 Å². The van der Waals surface area contributed by atoms with Gasteiger partial charge in [-0.2, -0.15) is 0 Å². The minimum atomic E-state index is 1.22. The Kier molecular flexibility index (Phi) is 19.2. The molecule has 2 nitrogen and oxygen atoms in total. The first kappa shape index (κ1) is 28.2. The predicted molar refractivity (Wildman–Crippen MR) is 138 cm³/mol. The molecule has 0 unspecified atom stereocenters. The van der Waals surface area contributed by atoms with Crippen molar-refractivity contribution in [2.45, 2.75) is 169 Å². The van der Waals surface area contributed by atoms with Crippen LogP contribution in [0.4, 0.5) is 0 Å². The number of unbranched alkanes of at least 4 members (excludes halogenated alkanes) is 17. The van der Waals surface area contributed by atoms with E-state index in [1.165, 1.54) is 148 Å². The summed E-state index contributed by atoms with van der Waals surface area (Å²) in [5, 5.41) is 0. The highest BCUT2D eigenvalue weighted by Crippen LogP contribution is 2.12. The zero-order valence-corrected chi connectivity index (χ0v) is 21.8. The fourth-order valence-corrected chi connectivity index (χ4v) is 4.73. The van der Waals surface area contributed by atoms with Crippen LogP contribution in [0.15, 0.2) is 12.4 Å². The Morgan fingerprint density at radius 1 is 0.548 bits per heavy atom. The molecule has 0 N–H and O–H groups in total. The van der Waals surface area contributed by atoms with Gasteiger partial charge in [-0.05, 0) is 32.1 Å². The molecule has 0 aliphatic heterocycles. The van der Waals surface area contributed by atoms with E-state index < -0.39 is 0 Å². The second-order valence-electron chi connectivity index (χ2n) is 9.86. The van der Waals surface area contributed by atoms with Crippen molar-refractivity contribution in [1.82, 2.24) is 4.57 Å². The van der Waals surface area contributed by atoms with Crippen molar-refractivity contribution in [3.63, 3.8) is 0 Å². The van der Waals surface area contributed by atoms with E-state index in [1.54, 1.807) is 5.82 Å². The van der Waals surface area contributed by atoms with Crippen LogP contribution < -0.4 is 4.57 Å². The van der Waals surface area contributed by atoms with Crippen LogP contribution in [-0.4, -0.2) is 4.57 Å². The number of rotatable bonds is 23. The Hall–Kier alpha value is -0.790. The summed E-state index contributed by atoms with van der Waals surface area (Å²) >= 11 is 0. The smallest absolute Gasteiger partial charge is 0.234 e. The number of hydrogen-bond acceptors (Lipinski definition) is 0. The van der Waals surface area contributed by atoms with Gasteiger partial charge in [-0.15, -0.1) is 0 Å². The summed E-state index contributed by atoms with van der Waals surface area (Å²) in [7, 11) is 0. The first-order valence-electron chi connectivity index (χ1n) is 14.4. The van der Waals surface area contributed by atoms with E-state index in [0.29, 0.717) is 0 Å². The van der Waals surface area contributed by atoms with E-state index >= 15 is 0 Å². The molecule has 31 heavy (non-hydrogen) atoms. The largest absolute Gasteiger partial charge is 0.256 e. The van der Waals surface area contributed by atoms with Crippen LogP contribution in [0.1, 0.15) is 155 Å². The van der Waals surface area contributed by atoms with Crippen molar-refractivity contribution in [3.8, 4) is 0 Å². The molecule has 1 rings (SSSR count). The third-order valence-electron chi connectivity index (χ3n) is 6.85. The lowest BCUT2D eigenvalue weighted by molar-refractivity contribution is -0.704. The van der Waals surface area contributed by atoms with Gasteiger partial charge in [-0.25, -0.2) is 9.13 Å². The average molecular weight is 434 g/mol. The third kappa shape index (κ3) is 14.8. The molecule has 1 heterocycles. The monoisotopic (exact) mass is 433 g/mol. The van der Waals surface area contributed by atoms with E-state index in [-0.39, 0.29) is 0 Å². The highest BCUT2D eigenvalue weighted by atomic mass is 15.1. The molecule has 0 amide bonds. The van der Waals surface area contributed by atoms with Crippen LogP contribution in [0.3, 0.4) is 0 Å². The fourth-order valence-electron chi connectivity index (χ4n) is 4.73. The van der Waals surface area contributed by atoms with Crippen molar-refractivity contribution in [1.29, 1.82) is 0 Å². The first-order chi connectivity index (χ1) is 15.3. The Balaban J connectivity index is 2.37. The van der Waals surface area contributed by atoms with Crippen LogP contribution >= 0.6 is 0 Å². The Labute approximate surface area is 196 Å². The molecule has 0 spiro atoms. The average Bonchev–Trinajstić information content (AvgIpc) is 3.16. The van der Waals surface area contributed by atoms with Gasteiger partial charge in [0.2, 0.25) is 0 Å². The highest BCUT2D eigenvalue weighted by molar-refractivity contribution is 4.84. The zero-order valence-electron chi connectivity index (χ0n) is 21.8. The molecule has 0 aromatic carbocycles. The molecule has 0 radical (unpaired) electrons. The Morgan fingerprint density at radius 2 is 1.00 bits per heavy atom. The van der Waals surface area contributed by atoms with Gasteiger partial charge in [0.15, 0.2) is 0 Å². The van der Waals surface area contributed by atoms with Gasteiger partial charge in [0, 0.05) is 6.42 Å². The number of aromatic nitrogens is 2. The SMILES string of the molecule is CCCCCCCCCCC[n+]1ccn(CCCCCCC)c1CCCCCCCC. The molecular weight excluding hydrogens is 376 g/mol. The summed E-state index contributed by atoms with van der Waals surface area (Å²) in [6.07, 6.45) is 34.0. The highest BCUT2D eigenvalue weighted by Gasteiger charge is 2.16. The van der Waals surface area contributed by atoms with Gasteiger partial charge in [0.1, 0.15) is 12.4 Å². The number of nitrogens with zero attached hydrogens (tertiary/aromatic N) is 2. The third-order valence-corrected chi connectivity index (χ3v) is 6.85. The number of imidazole rings is 1. The van der Waals surface area contributed by atoms with E-state index in [0.717, 1.165) is 0 Å². The van der Waals surface area contributed by atoms with Gasteiger partial charge in [-0.3, -0.25) is 0 Å². The van der Waals surface area contributed by atoms with Crippen molar-refractivity contribution in [2.24, 2.45) is 0 Å². The van der Waals surface area contributed by atoms with Gasteiger partial charge in [0.25, 0.3) is 5.82 Å². The Bertz CT molecular complexity index is 491. The maximum atomic E-state index is 2.60. The molecular formula is C29H57N2+. The molecule has 0 aliphatic rings. The molecule has 1 aromatic heterocycles.